The third kappa shape index (κ3) is 3.43. The standard InChI is InChI=1S/C12H22N2O3/c1-4-10(12(16)17)11(15)14(3)9-6-5-7-13(2)8-9/h9-10H,4-8H2,1-3H3,(H,16,17). The highest BCUT2D eigenvalue weighted by Gasteiger charge is 2.31. The Kier molecular flexibility index (Phi) is 4.93. The fourth-order valence-electron chi connectivity index (χ4n) is 2.34. The second-order valence-corrected chi connectivity index (χ2v) is 4.81. The molecule has 1 aliphatic heterocycles. The van der Waals surface area contributed by atoms with Crippen molar-refractivity contribution in [2.24, 2.45) is 5.92 Å². The van der Waals surface area contributed by atoms with Crippen LogP contribution in [0.3, 0.4) is 0 Å². The van der Waals surface area contributed by atoms with Gasteiger partial charge < -0.3 is 14.9 Å². The molecule has 0 spiro atoms. The van der Waals surface area contributed by atoms with Crippen LogP contribution in [0, 0.1) is 5.92 Å². The second-order valence-electron chi connectivity index (χ2n) is 4.81. The van der Waals surface area contributed by atoms with Crippen molar-refractivity contribution in [3.8, 4) is 0 Å². The number of likely N-dealkylation sites (N-methyl/N-ethyl adjacent to an activating group) is 2. The van der Waals surface area contributed by atoms with Crippen molar-refractivity contribution in [1.29, 1.82) is 0 Å². The monoisotopic (exact) mass is 242 g/mol. The molecule has 0 bridgehead atoms. The van der Waals surface area contributed by atoms with Gasteiger partial charge in [0, 0.05) is 19.6 Å². The quantitative estimate of drug-likeness (QED) is 0.735. The van der Waals surface area contributed by atoms with Crippen LogP contribution in [0.4, 0.5) is 0 Å². The lowest BCUT2D eigenvalue weighted by molar-refractivity contribution is -0.152. The first kappa shape index (κ1) is 14.0. The third-order valence-corrected chi connectivity index (χ3v) is 3.50. The maximum atomic E-state index is 12.0. The van der Waals surface area contributed by atoms with Gasteiger partial charge in [0.2, 0.25) is 5.91 Å². The molecule has 0 saturated carbocycles. The molecule has 0 aromatic heterocycles. The summed E-state index contributed by atoms with van der Waals surface area (Å²) in [4.78, 5) is 26.8. The van der Waals surface area contributed by atoms with E-state index in [0.717, 1.165) is 25.9 Å². The topological polar surface area (TPSA) is 60.9 Å². The number of aliphatic carboxylic acids is 1. The number of hydrogen-bond acceptors (Lipinski definition) is 3. The summed E-state index contributed by atoms with van der Waals surface area (Å²) in [5, 5.41) is 8.98. The highest BCUT2D eigenvalue weighted by molar-refractivity contribution is 5.96. The van der Waals surface area contributed by atoms with Crippen LogP contribution < -0.4 is 0 Å². The van der Waals surface area contributed by atoms with Crippen molar-refractivity contribution in [2.45, 2.75) is 32.2 Å². The van der Waals surface area contributed by atoms with Crippen LogP contribution in [0.5, 0.6) is 0 Å². The molecule has 98 valence electrons. The van der Waals surface area contributed by atoms with Crippen molar-refractivity contribution >= 4 is 11.9 Å². The highest BCUT2D eigenvalue weighted by Crippen LogP contribution is 2.17. The van der Waals surface area contributed by atoms with Gasteiger partial charge in [0.15, 0.2) is 0 Å². The van der Waals surface area contributed by atoms with E-state index in [-0.39, 0.29) is 11.9 Å². The van der Waals surface area contributed by atoms with Crippen LogP contribution in [-0.4, -0.2) is 60.0 Å². The van der Waals surface area contributed by atoms with E-state index >= 15 is 0 Å². The van der Waals surface area contributed by atoms with Gasteiger partial charge in [-0.05, 0) is 32.9 Å². The SMILES string of the molecule is CCC(C(=O)O)C(=O)N(C)C1CCCN(C)C1. The Morgan fingerprint density at radius 3 is 2.65 bits per heavy atom. The predicted octanol–water partition coefficient (Wildman–Crippen LogP) is 0.650. The van der Waals surface area contributed by atoms with Crippen molar-refractivity contribution in [1.82, 2.24) is 9.80 Å². The van der Waals surface area contributed by atoms with E-state index in [1.165, 1.54) is 0 Å². The maximum absolute atomic E-state index is 12.0. The van der Waals surface area contributed by atoms with E-state index < -0.39 is 11.9 Å². The number of likely N-dealkylation sites (tertiary alicyclic amines) is 1. The van der Waals surface area contributed by atoms with Crippen LogP contribution in [0.2, 0.25) is 0 Å². The number of carbonyl (C=O) groups excluding carboxylic acids is 1. The zero-order chi connectivity index (χ0) is 13.0. The zero-order valence-electron chi connectivity index (χ0n) is 10.8. The lowest BCUT2D eigenvalue weighted by Crippen LogP contribution is -2.49. The van der Waals surface area contributed by atoms with Gasteiger partial charge >= 0.3 is 5.97 Å². The lowest BCUT2D eigenvalue weighted by Gasteiger charge is -2.36. The molecule has 1 saturated heterocycles. The first-order valence-corrected chi connectivity index (χ1v) is 6.15. The number of carbonyl (C=O) groups is 2. The van der Waals surface area contributed by atoms with E-state index in [2.05, 4.69) is 4.90 Å². The molecule has 0 aromatic carbocycles. The largest absolute Gasteiger partial charge is 0.481 e. The van der Waals surface area contributed by atoms with Gasteiger partial charge in [-0.3, -0.25) is 9.59 Å². The molecule has 1 aliphatic rings. The lowest BCUT2D eigenvalue weighted by atomic mass is 10.0. The van der Waals surface area contributed by atoms with E-state index in [1.807, 2.05) is 7.05 Å². The normalized spacial score (nSPS) is 23.1. The Morgan fingerprint density at radius 1 is 1.53 bits per heavy atom. The molecule has 1 fully saturated rings. The molecule has 5 nitrogen and oxygen atoms in total. The van der Waals surface area contributed by atoms with Crippen molar-refractivity contribution in [3.05, 3.63) is 0 Å². The van der Waals surface area contributed by atoms with Gasteiger partial charge in [0.05, 0.1) is 0 Å². The van der Waals surface area contributed by atoms with E-state index in [9.17, 15) is 9.59 Å². The van der Waals surface area contributed by atoms with Gasteiger partial charge in [0.1, 0.15) is 5.92 Å². The Bertz CT molecular complexity index is 293. The summed E-state index contributed by atoms with van der Waals surface area (Å²) >= 11 is 0. The predicted molar refractivity (Wildman–Crippen MR) is 64.7 cm³/mol. The molecule has 5 heteroatoms. The highest BCUT2D eigenvalue weighted by atomic mass is 16.4. The van der Waals surface area contributed by atoms with Gasteiger partial charge in [-0.1, -0.05) is 6.92 Å². The number of amides is 1. The molecule has 0 aromatic rings. The molecule has 2 atom stereocenters. The number of hydrogen-bond donors (Lipinski definition) is 1. The fraction of sp³-hybridized carbons (Fsp3) is 0.833. The van der Waals surface area contributed by atoms with E-state index in [0.29, 0.717) is 6.42 Å². The Morgan fingerprint density at radius 2 is 2.18 bits per heavy atom. The number of carboxylic acids is 1. The molecular weight excluding hydrogens is 220 g/mol. The molecule has 1 N–H and O–H groups in total. The summed E-state index contributed by atoms with van der Waals surface area (Å²) in [6.45, 7) is 3.62. The molecule has 1 heterocycles. The van der Waals surface area contributed by atoms with Gasteiger partial charge in [-0.25, -0.2) is 0 Å². The van der Waals surface area contributed by atoms with Crippen molar-refractivity contribution in [2.75, 3.05) is 27.2 Å². The Hall–Kier alpha value is -1.10. The summed E-state index contributed by atoms with van der Waals surface area (Å²) in [5.41, 5.74) is 0. The summed E-state index contributed by atoms with van der Waals surface area (Å²) < 4.78 is 0. The number of nitrogens with zero attached hydrogens (tertiary/aromatic N) is 2. The number of piperidine rings is 1. The molecule has 17 heavy (non-hydrogen) atoms. The van der Waals surface area contributed by atoms with Crippen LogP contribution in [-0.2, 0) is 9.59 Å². The molecule has 0 radical (unpaired) electrons. The average molecular weight is 242 g/mol. The van der Waals surface area contributed by atoms with Gasteiger partial charge in [-0.15, -0.1) is 0 Å². The molecule has 2 unspecified atom stereocenters. The smallest absolute Gasteiger partial charge is 0.316 e. The van der Waals surface area contributed by atoms with Crippen LogP contribution in [0.25, 0.3) is 0 Å². The van der Waals surface area contributed by atoms with Crippen LogP contribution in [0.1, 0.15) is 26.2 Å². The number of rotatable bonds is 4. The average Bonchev–Trinajstić information content (AvgIpc) is 2.28. The van der Waals surface area contributed by atoms with Crippen LogP contribution in [0.15, 0.2) is 0 Å². The first-order chi connectivity index (χ1) is 7.97. The molecular formula is C12H22N2O3. The summed E-state index contributed by atoms with van der Waals surface area (Å²) in [5.74, 6) is -2.18. The minimum Gasteiger partial charge on any atom is -0.481 e. The summed E-state index contributed by atoms with van der Waals surface area (Å²) in [7, 11) is 3.75. The van der Waals surface area contributed by atoms with Crippen molar-refractivity contribution < 1.29 is 14.7 Å². The summed E-state index contributed by atoms with van der Waals surface area (Å²) in [6.07, 6.45) is 2.37. The minimum absolute atomic E-state index is 0.148. The number of carboxylic acid groups (broad SMARTS) is 1. The zero-order valence-corrected chi connectivity index (χ0v) is 10.8. The maximum Gasteiger partial charge on any atom is 0.316 e. The molecule has 1 amide bonds. The molecule has 0 aliphatic carbocycles. The molecule has 1 rings (SSSR count). The van der Waals surface area contributed by atoms with Gasteiger partial charge in [-0.2, -0.15) is 0 Å². The third-order valence-electron chi connectivity index (χ3n) is 3.50. The summed E-state index contributed by atoms with van der Waals surface area (Å²) in [6, 6.07) is 0.148. The van der Waals surface area contributed by atoms with Gasteiger partial charge in [0.25, 0.3) is 0 Å². The first-order valence-electron chi connectivity index (χ1n) is 6.15. The second kappa shape index (κ2) is 6.00. The Balaban J connectivity index is 2.64. The minimum atomic E-state index is -1.02. The van der Waals surface area contributed by atoms with E-state index in [1.54, 1.807) is 18.9 Å². The fourth-order valence-corrected chi connectivity index (χ4v) is 2.34. The van der Waals surface area contributed by atoms with Crippen molar-refractivity contribution in [3.63, 3.8) is 0 Å². The van der Waals surface area contributed by atoms with E-state index in [4.69, 9.17) is 5.11 Å². The Labute approximate surface area is 102 Å². The van der Waals surface area contributed by atoms with Crippen LogP contribution >= 0.6 is 0 Å².